The van der Waals surface area contributed by atoms with Crippen LogP contribution in [0.4, 0.5) is 0 Å². The molecule has 0 aromatic heterocycles. The summed E-state index contributed by atoms with van der Waals surface area (Å²) in [6.07, 6.45) is 2.36. The molecular formula is C16H16N2O2. The zero-order valence-corrected chi connectivity index (χ0v) is 11.2. The minimum Gasteiger partial charge on any atom is -0.497 e. The van der Waals surface area contributed by atoms with Gasteiger partial charge in [-0.3, -0.25) is 4.79 Å². The third-order valence-corrected chi connectivity index (χ3v) is 2.78. The van der Waals surface area contributed by atoms with Crippen molar-refractivity contribution in [1.29, 1.82) is 0 Å². The van der Waals surface area contributed by atoms with Crippen molar-refractivity contribution in [2.45, 2.75) is 6.42 Å². The van der Waals surface area contributed by atoms with Gasteiger partial charge in [0.05, 0.1) is 7.11 Å². The Labute approximate surface area is 118 Å². The van der Waals surface area contributed by atoms with E-state index in [1.54, 1.807) is 37.6 Å². The van der Waals surface area contributed by atoms with Gasteiger partial charge < -0.3 is 4.74 Å². The molecule has 4 nitrogen and oxygen atoms in total. The molecule has 0 saturated heterocycles. The summed E-state index contributed by atoms with van der Waals surface area (Å²) in [4.78, 5) is 11.8. The first-order valence-corrected chi connectivity index (χ1v) is 6.29. The number of carbonyl (C=O) groups excluding carboxylic acids is 1. The molecule has 2 aromatic carbocycles. The summed E-state index contributed by atoms with van der Waals surface area (Å²) >= 11 is 0. The summed E-state index contributed by atoms with van der Waals surface area (Å²) in [6.45, 7) is 0. The number of hydrogen-bond acceptors (Lipinski definition) is 3. The number of carbonyl (C=O) groups is 1. The van der Waals surface area contributed by atoms with Gasteiger partial charge in [0.2, 0.25) is 0 Å². The van der Waals surface area contributed by atoms with E-state index in [2.05, 4.69) is 10.5 Å². The minimum atomic E-state index is -0.239. The topological polar surface area (TPSA) is 50.7 Å². The summed E-state index contributed by atoms with van der Waals surface area (Å²) in [6, 6.07) is 16.8. The van der Waals surface area contributed by atoms with Gasteiger partial charge >= 0.3 is 0 Å². The van der Waals surface area contributed by atoms with E-state index in [1.165, 1.54) is 0 Å². The first-order chi connectivity index (χ1) is 9.79. The van der Waals surface area contributed by atoms with Crippen molar-refractivity contribution in [3.8, 4) is 5.75 Å². The molecular weight excluding hydrogens is 252 g/mol. The van der Waals surface area contributed by atoms with Gasteiger partial charge in [0.1, 0.15) is 5.75 Å². The number of hydrogen-bond donors (Lipinski definition) is 1. The highest BCUT2D eigenvalue weighted by atomic mass is 16.5. The van der Waals surface area contributed by atoms with Crippen LogP contribution < -0.4 is 10.2 Å². The monoisotopic (exact) mass is 268 g/mol. The fourth-order valence-corrected chi connectivity index (χ4v) is 1.68. The highest BCUT2D eigenvalue weighted by Gasteiger charge is 2.03. The van der Waals surface area contributed by atoms with E-state index in [0.29, 0.717) is 17.7 Å². The van der Waals surface area contributed by atoms with Crippen LogP contribution in [-0.4, -0.2) is 19.2 Å². The van der Waals surface area contributed by atoms with Gasteiger partial charge in [-0.1, -0.05) is 30.3 Å². The Morgan fingerprint density at radius 3 is 2.50 bits per heavy atom. The molecule has 0 unspecified atom stereocenters. The Morgan fingerprint density at radius 1 is 1.15 bits per heavy atom. The molecule has 0 spiro atoms. The summed E-state index contributed by atoms with van der Waals surface area (Å²) in [7, 11) is 1.59. The summed E-state index contributed by atoms with van der Waals surface area (Å²) < 4.78 is 5.04. The van der Waals surface area contributed by atoms with Crippen LogP contribution in [0.25, 0.3) is 0 Å². The normalized spacial score (nSPS) is 10.4. The number of benzene rings is 2. The smallest absolute Gasteiger partial charge is 0.271 e. The molecule has 0 bridgehead atoms. The van der Waals surface area contributed by atoms with Crippen molar-refractivity contribution in [1.82, 2.24) is 5.43 Å². The lowest BCUT2D eigenvalue weighted by Crippen LogP contribution is -2.17. The van der Waals surface area contributed by atoms with Crippen molar-refractivity contribution < 1.29 is 9.53 Å². The van der Waals surface area contributed by atoms with Crippen LogP contribution in [0.5, 0.6) is 5.75 Å². The van der Waals surface area contributed by atoms with E-state index >= 15 is 0 Å². The predicted molar refractivity (Wildman–Crippen MR) is 79.1 cm³/mol. The van der Waals surface area contributed by atoms with E-state index < -0.39 is 0 Å². The summed E-state index contributed by atoms with van der Waals surface area (Å²) in [5, 5.41) is 3.93. The lowest BCUT2D eigenvalue weighted by atomic mass is 10.2. The van der Waals surface area contributed by atoms with Crippen molar-refractivity contribution >= 4 is 12.1 Å². The fourth-order valence-electron chi connectivity index (χ4n) is 1.68. The molecule has 0 saturated carbocycles. The third-order valence-electron chi connectivity index (χ3n) is 2.78. The Hall–Kier alpha value is -2.62. The standard InChI is InChI=1S/C16H16N2O2/c1-20-15-9-7-14(8-10-15)16(19)18-17-12-11-13-5-3-2-4-6-13/h2-10,12H,11H2,1H3,(H,18,19)/b17-12+. The van der Waals surface area contributed by atoms with E-state index in [9.17, 15) is 4.79 Å². The predicted octanol–water partition coefficient (Wildman–Crippen LogP) is 2.65. The van der Waals surface area contributed by atoms with Crippen LogP contribution >= 0.6 is 0 Å². The molecule has 0 heterocycles. The number of methoxy groups -OCH3 is 1. The molecule has 0 aliphatic heterocycles. The van der Waals surface area contributed by atoms with Gasteiger partial charge in [0, 0.05) is 18.2 Å². The van der Waals surface area contributed by atoms with Crippen LogP contribution in [-0.2, 0) is 6.42 Å². The molecule has 0 radical (unpaired) electrons. The maximum atomic E-state index is 11.8. The number of nitrogens with one attached hydrogen (secondary N) is 1. The van der Waals surface area contributed by atoms with E-state index in [1.807, 2.05) is 30.3 Å². The number of rotatable bonds is 5. The van der Waals surface area contributed by atoms with Crippen LogP contribution in [0.1, 0.15) is 15.9 Å². The number of ether oxygens (including phenoxy) is 1. The third kappa shape index (κ3) is 3.95. The van der Waals surface area contributed by atoms with Crippen molar-refractivity contribution in [3.05, 3.63) is 65.7 Å². The Kier molecular flexibility index (Phi) is 4.89. The second-order valence-electron chi connectivity index (χ2n) is 4.17. The van der Waals surface area contributed by atoms with Gasteiger partial charge in [-0.05, 0) is 29.8 Å². The average molecular weight is 268 g/mol. The van der Waals surface area contributed by atoms with Crippen LogP contribution in [0.3, 0.4) is 0 Å². The maximum Gasteiger partial charge on any atom is 0.271 e. The first-order valence-electron chi connectivity index (χ1n) is 6.29. The lowest BCUT2D eigenvalue weighted by Gasteiger charge is -2.02. The molecule has 1 amide bonds. The Morgan fingerprint density at radius 2 is 1.85 bits per heavy atom. The zero-order valence-electron chi connectivity index (χ0n) is 11.2. The van der Waals surface area contributed by atoms with Gasteiger partial charge in [0.25, 0.3) is 5.91 Å². The largest absolute Gasteiger partial charge is 0.497 e. The van der Waals surface area contributed by atoms with E-state index in [-0.39, 0.29) is 5.91 Å². The van der Waals surface area contributed by atoms with Crippen molar-refractivity contribution in [2.75, 3.05) is 7.11 Å². The van der Waals surface area contributed by atoms with Gasteiger partial charge in [-0.2, -0.15) is 5.10 Å². The fraction of sp³-hybridized carbons (Fsp3) is 0.125. The van der Waals surface area contributed by atoms with Crippen molar-refractivity contribution in [2.24, 2.45) is 5.10 Å². The van der Waals surface area contributed by atoms with E-state index in [4.69, 9.17) is 4.74 Å². The molecule has 2 aromatic rings. The minimum absolute atomic E-state index is 0.239. The van der Waals surface area contributed by atoms with Gasteiger partial charge in [0.15, 0.2) is 0 Å². The second kappa shape index (κ2) is 7.09. The molecule has 0 fully saturated rings. The average Bonchev–Trinajstić information content (AvgIpc) is 2.52. The number of nitrogens with zero attached hydrogens (tertiary/aromatic N) is 1. The molecule has 0 aliphatic carbocycles. The second-order valence-corrected chi connectivity index (χ2v) is 4.17. The Bertz CT molecular complexity index is 577. The highest BCUT2D eigenvalue weighted by Crippen LogP contribution is 2.10. The first kappa shape index (κ1) is 13.8. The van der Waals surface area contributed by atoms with Gasteiger partial charge in [-0.25, -0.2) is 5.43 Å². The number of hydrazone groups is 1. The van der Waals surface area contributed by atoms with Crippen LogP contribution in [0.15, 0.2) is 59.7 Å². The molecule has 1 N–H and O–H groups in total. The molecule has 4 heteroatoms. The summed E-state index contributed by atoms with van der Waals surface area (Å²) in [5.74, 6) is 0.478. The molecule has 0 aliphatic rings. The van der Waals surface area contributed by atoms with Crippen molar-refractivity contribution in [3.63, 3.8) is 0 Å². The molecule has 102 valence electrons. The number of amides is 1. The molecule has 20 heavy (non-hydrogen) atoms. The quantitative estimate of drug-likeness (QED) is 0.669. The van der Waals surface area contributed by atoms with Crippen LogP contribution in [0.2, 0.25) is 0 Å². The SMILES string of the molecule is COc1ccc(C(=O)N/N=C/Cc2ccccc2)cc1. The van der Waals surface area contributed by atoms with Gasteiger partial charge in [-0.15, -0.1) is 0 Å². The summed E-state index contributed by atoms with van der Waals surface area (Å²) in [5.41, 5.74) is 4.19. The molecule has 2 rings (SSSR count). The highest BCUT2D eigenvalue weighted by molar-refractivity contribution is 5.94. The zero-order chi connectivity index (χ0) is 14.2. The van der Waals surface area contributed by atoms with E-state index in [0.717, 1.165) is 5.56 Å². The van der Waals surface area contributed by atoms with Crippen LogP contribution in [0, 0.1) is 0 Å². The maximum absolute atomic E-state index is 11.8. The lowest BCUT2D eigenvalue weighted by molar-refractivity contribution is 0.0955. The molecule has 0 atom stereocenters. The Balaban J connectivity index is 1.85.